The van der Waals surface area contributed by atoms with Crippen LogP contribution in [-0.2, 0) is 20.5 Å². The van der Waals surface area contributed by atoms with Crippen LogP contribution in [-0.4, -0.2) is 49.6 Å². The van der Waals surface area contributed by atoms with Gasteiger partial charge in [0.2, 0.25) is 11.8 Å². The van der Waals surface area contributed by atoms with Crippen LogP contribution in [0, 0.1) is 0 Å². The Morgan fingerprint density at radius 1 is 1.28 bits per heavy atom. The first kappa shape index (κ1) is 19.5. The molecule has 0 spiro atoms. The van der Waals surface area contributed by atoms with Gasteiger partial charge in [0.15, 0.2) is 0 Å². The second-order valence-electron chi connectivity index (χ2n) is 5.57. The predicted molar refractivity (Wildman–Crippen MR) is 86.5 cm³/mol. The lowest BCUT2D eigenvalue weighted by Crippen LogP contribution is -2.42. The van der Waals surface area contributed by atoms with Gasteiger partial charge in [-0.15, -0.1) is 0 Å². The van der Waals surface area contributed by atoms with Crippen molar-refractivity contribution in [3.05, 3.63) is 28.8 Å². The van der Waals surface area contributed by atoms with Crippen LogP contribution in [0.15, 0.2) is 18.2 Å². The van der Waals surface area contributed by atoms with E-state index in [0.29, 0.717) is 26.3 Å². The van der Waals surface area contributed by atoms with Gasteiger partial charge >= 0.3 is 6.18 Å². The lowest BCUT2D eigenvalue weighted by molar-refractivity contribution is -0.137. The Morgan fingerprint density at radius 2 is 1.92 bits per heavy atom. The van der Waals surface area contributed by atoms with Crippen molar-refractivity contribution in [2.75, 3.05) is 37.7 Å². The van der Waals surface area contributed by atoms with Crippen LogP contribution in [0.5, 0.6) is 0 Å². The molecule has 0 aliphatic carbocycles. The predicted octanol–water partition coefficient (Wildman–Crippen LogP) is 2.96. The molecule has 0 radical (unpaired) electrons. The largest absolute Gasteiger partial charge is 0.418 e. The van der Waals surface area contributed by atoms with Crippen molar-refractivity contribution in [3.63, 3.8) is 0 Å². The molecule has 2 rings (SSSR count). The third kappa shape index (κ3) is 5.09. The van der Waals surface area contributed by atoms with Crippen LogP contribution in [0.4, 0.5) is 18.9 Å². The lowest BCUT2D eigenvalue weighted by atomic mass is 10.1. The maximum absolute atomic E-state index is 13.3. The van der Waals surface area contributed by atoms with E-state index in [9.17, 15) is 22.8 Å². The number of nitrogens with zero attached hydrogens (tertiary/aromatic N) is 2. The van der Waals surface area contributed by atoms with Crippen molar-refractivity contribution in [2.24, 2.45) is 0 Å². The summed E-state index contributed by atoms with van der Waals surface area (Å²) in [6.07, 6.45) is -4.73. The zero-order valence-electron chi connectivity index (χ0n) is 13.6. The number of benzene rings is 1. The van der Waals surface area contributed by atoms with Crippen LogP contribution in [0.2, 0.25) is 5.02 Å². The quantitative estimate of drug-likeness (QED) is 0.809. The fraction of sp³-hybridized carbons (Fsp3) is 0.500. The monoisotopic (exact) mass is 378 g/mol. The van der Waals surface area contributed by atoms with Gasteiger partial charge in [0.25, 0.3) is 0 Å². The molecule has 0 unspecified atom stereocenters. The molecule has 5 nitrogen and oxygen atoms in total. The molecular weight excluding hydrogens is 361 g/mol. The highest BCUT2D eigenvalue weighted by Gasteiger charge is 2.36. The number of anilines is 1. The summed E-state index contributed by atoms with van der Waals surface area (Å²) in [6, 6.07) is 3.20. The van der Waals surface area contributed by atoms with E-state index in [1.807, 2.05) is 0 Å². The van der Waals surface area contributed by atoms with E-state index in [0.717, 1.165) is 24.0 Å². The molecule has 1 aromatic carbocycles. The highest BCUT2D eigenvalue weighted by atomic mass is 35.5. The van der Waals surface area contributed by atoms with Crippen LogP contribution >= 0.6 is 11.6 Å². The van der Waals surface area contributed by atoms with E-state index in [4.69, 9.17) is 16.3 Å². The van der Waals surface area contributed by atoms with Crippen LogP contribution in [0.1, 0.15) is 18.9 Å². The van der Waals surface area contributed by atoms with Gasteiger partial charge < -0.3 is 14.5 Å². The smallest absolute Gasteiger partial charge is 0.378 e. The summed E-state index contributed by atoms with van der Waals surface area (Å²) < 4.78 is 44.9. The standard InChI is InChI=1S/C16H18ClF3N2O3/c1-11(23)22(5-4-15(24)21-6-8-25-9-7-21)14-3-2-12(17)10-13(14)16(18,19)20/h2-3,10H,4-9H2,1H3. The van der Waals surface area contributed by atoms with E-state index >= 15 is 0 Å². The van der Waals surface area contributed by atoms with Gasteiger partial charge in [0, 0.05) is 38.0 Å². The summed E-state index contributed by atoms with van der Waals surface area (Å²) in [4.78, 5) is 26.6. The average Bonchev–Trinajstić information content (AvgIpc) is 2.55. The number of hydrogen-bond acceptors (Lipinski definition) is 3. The molecule has 1 heterocycles. The SMILES string of the molecule is CC(=O)N(CCC(=O)N1CCOCC1)c1ccc(Cl)cc1C(F)(F)F. The zero-order chi connectivity index (χ0) is 18.6. The van der Waals surface area contributed by atoms with Crippen molar-refractivity contribution in [3.8, 4) is 0 Å². The van der Waals surface area contributed by atoms with Gasteiger partial charge in [-0.25, -0.2) is 0 Å². The molecule has 0 bridgehead atoms. The van der Waals surface area contributed by atoms with Crippen molar-refractivity contribution in [2.45, 2.75) is 19.5 Å². The maximum atomic E-state index is 13.3. The number of carbonyl (C=O) groups excluding carboxylic acids is 2. The van der Waals surface area contributed by atoms with Crippen LogP contribution < -0.4 is 4.90 Å². The molecule has 2 amide bonds. The highest BCUT2D eigenvalue weighted by molar-refractivity contribution is 6.30. The fourth-order valence-corrected chi connectivity index (χ4v) is 2.77. The average molecular weight is 379 g/mol. The summed E-state index contributed by atoms with van der Waals surface area (Å²) in [5, 5.41) is -0.0797. The molecule has 0 N–H and O–H groups in total. The second kappa shape index (κ2) is 8.05. The Kier molecular flexibility index (Phi) is 6.29. The Hall–Kier alpha value is -1.80. The highest BCUT2D eigenvalue weighted by Crippen LogP contribution is 2.38. The van der Waals surface area contributed by atoms with Crippen molar-refractivity contribution >= 4 is 29.1 Å². The molecule has 0 aromatic heterocycles. The molecule has 1 saturated heterocycles. The van der Waals surface area contributed by atoms with Gasteiger partial charge in [-0.2, -0.15) is 13.2 Å². The van der Waals surface area contributed by atoms with Crippen molar-refractivity contribution in [1.82, 2.24) is 4.90 Å². The fourth-order valence-electron chi connectivity index (χ4n) is 2.60. The molecule has 1 aromatic rings. The number of morpholine rings is 1. The van der Waals surface area contributed by atoms with Gasteiger partial charge in [0.1, 0.15) is 0 Å². The topological polar surface area (TPSA) is 49.9 Å². The van der Waals surface area contributed by atoms with E-state index < -0.39 is 17.6 Å². The van der Waals surface area contributed by atoms with E-state index in [2.05, 4.69) is 0 Å². The number of rotatable bonds is 4. The van der Waals surface area contributed by atoms with Crippen LogP contribution in [0.25, 0.3) is 0 Å². The minimum absolute atomic E-state index is 0.0699. The number of hydrogen-bond donors (Lipinski definition) is 0. The van der Waals surface area contributed by atoms with Crippen molar-refractivity contribution < 1.29 is 27.5 Å². The zero-order valence-corrected chi connectivity index (χ0v) is 14.4. The summed E-state index contributed by atoms with van der Waals surface area (Å²) >= 11 is 5.66. The first-order valence-electron chi connectivity index (χ1n) is 7.70. The summed E-state index contributed by atoms with van der Waals surface area (Å²) in [5.41, 5.74) is -1.31. The molecule has 0 saturated carbocycles. The third-order valence-electron chi connectivity index (χ3n) is 3.85. The number of carbonyl (C=O) groups is 2. The van der Waals surface area contributed by atoms with Crippen molar-refractivity contribution in [1.29, 1.82) is 0 Å². The molecular formula is C16H18ClF3N2O3. The van der Waals surface area contributed by atoms with Gasteiger partial charge in [-0.3, -0.25) is 9.59 Å². The Bertz CT molecular complexity index is 646. The normalized spacial score (nSPS) is 15.2. The third-order valence-corrected chi connectivity index (χ3v) is 4.08. The molecule has 1 aliphatic rings. The van der Waals surface area contributed by atoms with E-state index in [-0.39, 0.29) is 29.6 Å². The van der Waals surface area contributed by atoms with Gasteiger partial charge in [0.05, 0.1) is 24.5 Å². The molecule has 0 atom stereocenters. The molecule has 25 heavy (non-hydrogen) atoms. The van der Waals surface area contributed by atoms with Gasteiger partial charge in [-0.1, -0.05) is 11.6 Å². The second-order valence-corrected chi connectivity index (χ2v) is 6.01. The number of alkyl halides is 3. The number of ether oxygens (including phenoxy) is 1. The number of amides is 2. The molecule has 1 fully saturated rings. The van der Waals surface area contributed by atoms with E-state index in [1.165, 1.54) is 6.07 Å². The van der Waals surface area contributed by atoms with E-state index in [1.54, 1.807) is 4.90 Å². The Morgan fingerprint density at radius 3 is 2.48 bits per heavy atom. The number of halogens is 4. The first-order chi connectivity index (χ1) is 11.7. The maximum Gasteiger partial charge on any atom is 0.418 e. The minimum Gasteiger partial charge on any atom is -0.378 e. The minimum atomic E-state index is -4.66. The first-order valence-corrected chi connectivity index (χ1v) is 8.08. The summed E-state index contributed by atoms with van der Waals surface area (Å²) in [5.74, 6) is -0.806. The summed E-state index contributed by atoms with van der Waals surface area (Å²) in [7, 11) is 0. The lowest BCUT2D eigenvalue weighted by Gasteiger charge is -2.29. The molecule has 9 heteroatoms. The molecule has 1 aliphatic heterocycles. The molecule has 138 valence electrons. The summed E-state index contributed by atoms with van der Waals surface area (Å²) in [6.45, 7) is 2.75. The Labute approximate surface area is 148 Å². The Balaban J connectivity index is 2.18. The van der Waals surface area contributed by atoms with Gasteiger partial charge in [-0.05, 0) is 18.2 Å². The van der Waals surface area contributed by atoms with Crippen LogP contribution in [0.3, 0.4) is 0 Å².